The van der Waals surface area contributed by atoms with Crippen LogP contribution < -0.4 is 10.2 Å². The van der Waals surface area contributed by atoms with Crippen molar-refractivity contribution >= 4 is 17.4 Å². The fourth-order valence-electron chi connectivity index (χ4n) is 4.48. The summed E-state index contributed by atoms with van der Waals surface area (Å²) in [6.45, 7) is 4.03. The predicted octanol–water partition coefficient (Wildman–Crippen LogP) is 6.07. The zero-order chi connectivity index (χ0) is 22.0. The summed E-state index contributed by atoms with van der Waals surface area (Å²) >= 11 is 0. The number of carbonyl (C=O) groups excluding carboxylic acids is 1. The van der Waals surface area contributed by atoms with Crippen molar-refractivity contribution in [3.8, 4) is 0 Å². The van der Waals surface area contributed by atoms with Gasteiger partial charge in [-0.2, -0.15) is 0 Å². The van der Waals surface area contributed by atoms with Gasteiger partial charge in [-0.25, -0.2) is 4.79 Å². The molecule has 0 unspecified atom stereocenters. The topological polar surface area (TPSA) is 35.6 Å². The molecule has 1 aliphatic heterocycles. The van der Waals surface area contributed by atoms with Gasteiger partial charge in [0, 0.05) is 17.9 Å². The zero-order valence-corrected chi connectivity index (χ0v) is 18.7. The normalized spacial score (nSPS) is 14.8. The van der Waals surface area contributed by atoms with E-state index in [9.17, 15) is 4.79 Å². The Balaban J connectivity index is 1.27. The molecule has 0 radical (unpaired) electrons. The summed E-state index contributed by atoms with van der Waals surface area (Å²) in [5.74, 6) is 0.783. The largest absolute Gasteiger partial charge is 0.326 e. The van der Waals surface area contributed by atoms with Gasteiger partial charge in [-0.1, -0.05) is 66.7 Å². The van der Waals surface area contributed by atoms with Crippen LogP contribution in [0.5, 0.6) is 0 Å². The standard InChI is InChI=1S/C28H33N3O/c32-28(29-26-13-6-2-7-14-26)31(27-15-8-3-9-16-27)20-10-19-30-21-17-25(18-22-30)23-24-11-4-1-5-12-24/h1-9,11-16,25H,10,17-23H2,(H,29,32). The number of benzene rings is 3. The van der Waals surface area contributed by atoms with Crippen molar-refractivity contribution in [2.75, 3.05) is 36.4 Å². The number of urea groups is 1. The highest BCUT2D eigenvalue weighted by Gasteiger charge is 2.20. The van der Waals surface area contributed by atoms with Crippen molar-refractivity contribution in [2.45, 2.75) is 25.7 Å². The molecule has 166 valence electrons. The Hall–Kier alpha value is -3.11. The molecule has 0 atom stereocenters. The molecule has 3 aromatic rings. The lowest BCUT2D eigenvalue weighted by molar-refractivity contribution is 0.183. The highest BCUT2D eigenvalue weighted by Crippen LogP contribution is 2.22. The highest BCUT2D eigenvalue weighted by molar-refractivity contribution is 6.01. The molecular weight excluding hydrogens is 394 g/mol. The van der Waals surface area contributed by atoms with Crippen LogP contribution in [0.2, 0.25) is 0 Å². The Kier molecular flexibility index (Phi) is 7.94. The summed E-state index contributed by atoms with van der Waals surface area (Å²) in [6, 6.07) is 30.4. The summed E-state index contributed by atoms with van der Waals surface area (Å²) < 4.78 is 0. The lowest BCUT2D eigenvalue weighted by Crippen LogP contribution is -2.39. The molecule has 1 fully saturated rings. The molecule has 1 aliphatic rings. The van der Waals surface area contributed by atoms with Gasteiger partial charge < -0.3 is 10.2 Å². The van der Waals surface area contributed by atoms with Gasteiger partial charge in [0.2, 0.25) is 0 Å². The Morgan fingerprint density at radius 3 is 2.09 bits per heavy atom. The molecular formula is C28H33N3O. The number of para-hydroxylation sites is 2. The van der Waals surface area contributed by atoms with E-state index in [1.807, 2.05) is 65.6 Å². The fourth-order valence-corrected chi connectivity index (χ4v) is 4.48. The van der Waals surface area contributed by atoms with Crippen LogP contribution in [0.15, 0.2) is 91.0 Å². The SMILES string of the molecule is O=C(Nc1ccccc1)N(CCCN1CCC(Cc2ccccc2)CC1)c1ccccc1. The first-order valence-electron chi connectivity index (χ1n) is 11.7. The Bertz CT molecular complexity index is 938. The quantitative estimate of drug-likeness (QED) is 0.474. The minimum Gasteiger partial charge on any atom is -0.308 e. The van der Waals surface area contributed by atoms with Crippen LogP contribution in [0.1, 0.15) is 24.8 Å². The van der Waals surface area contributed by atoms with Crippen LogP contribution in [-0.4, -0.2) is 37.1 Å². The van der Waals surface area contributed by atoms with Crippen molar-refractivity contribution in [2.24, 2.45) is 5.92 Å². The van der Waals surface area contributed by atoms with Crippen molar-refractivity contribution in [3.63, 3.8) is 0 Å². The summed E-state index contributed by atoms with van der Waals surface area (Å²) in [7, 11) is 0. The van der Waals surface area contributed by atoms with E-state index in [2.05, 4.69) is 40.5 Å². The average Bonchev–Trinajstić information content (AvgIpc) is 2.85. The number of likely N-dealkylation sites (tertiary alicyclic amines) is 1. The monoisotopic (exact) mass is 427 g/mol. The molecule has 1 saturated heterocycles. The van der Waals surface area contributed by atoms with E-state index >= 15 is 0 Å². The van der Waals surface area contributed by atoms with Gasteiger partial charge in [0.15, 0.2) is 0 Å². The van der Waals surface area contributed by atoms with E-state index in [1.165, 1.54) is 24.8 Å². The molecule has 0 aliphatic carbocycles. The van der Waals surface area contributed by atoms with E-state index in [-0.39, 0.29) is 6.03 Å². The number of nitrogens with one attached hydrogen (secondary N) is 1. The molecule has 0 saturated carbocycles. The summed E-state index contributed by atoms with van der Waals surface area (Å²) in [5.41, 5.74) is 3.20. The maximum Gasteiger partial charge on any atom is 0.326 e. The lowest BCUT2D eigenvalue weighted by atomic mass is 9.90. The van der Waals surface area contributed by atoms with Crippen molar-refractivity contribution in [1.82, 2.24) is 4.90 Å². The summed E-state index contributed by atoms with van der Waals surface area (Å²) in [5, 5.41) is 3.03. The van der Waals surface area contributed by atoms with E-state index in [1.54, 1.807) is 0 Å². The van der Waals surface area contributed by atoms with Gasteiger partial charge in [-0.15, -0.1) is 0 Å². The maximum atomic E-state index is 13.0. The Morgan fingerprint density at radius 1 is 0.844 bits per heavy atom. The van der Waals surface area contributed by atoms with Gasteiger partial charge in [0.25, 0.3) is 0 Å². The first-order chi connectivity index (χ1) is 15.8. The molecule has 0 bridgehead atoms. The van der Waals surface area contributed by atoms with Crippen LogP contribution in [0, 0.1) is 5.92 Å². The van der Waals surface area contributed by atoms with Crippen LogP contribution in [0.4, 0.5) is 16.2 Å². The van der Waals surface area contributed by atoms with Crippen molar-refractivity contribution in [1.29, 1.82) is 0 Å². The van der Waals surface area contributed by atoms with Gasteiger partial charge in [-0.05, 0) is 81.1 Å². The Labute approximate surface area is 191 Å². The van der Waals surface area contributed by atoms with E-state index in [4.69, 9.17) is 0 Å². The fraction of sp³-hybridized carbons (Fsp3) is 0.321. The molecule has 3 aromatic carbocycles. The first kappa shape index (κ1) is 22.1. The first-order valence-corrected chi connectivity index (χ1v) is 11.7. The van der Waals surface area contributed by atoms with E-state index in [0.717, 1.165) is 43.3 Å². The lowest BCUT2D eigenvalue weighted by Gasteiger charge is -2.32. The minimum absolute atomic E-state index is 0.0797. The molecule has 4 heteroatoms. The number of rotatable bonds is 8. The summed E-state index contributed by atoms with van der Waals surface area (Å²) in [6.07, 6.45) is 4.66. The second-order valence-electron chi connectivity index (χ2n) is 8.61. The molecule has 4 nitrogen and oxygen atoms in total. The molecule has 4 rings (SSSR count). The number of hydrogen-bond acceptors (Lipinski definition) is 2. The van der Waals surface area contributed by atoms with Crippen LogP contribution >= 0.6 is 0 Å². The number of amides is 2. The molecule has 32 heavy (non-hydrogen) atoms. The molecule has 1 heterocycles. The predicted molar refractivity (Wildman–Crippen MR) is 133 cm³/mol. The number of carbonyl (C=O) groups is 1. The molecule has 1 N–H and O–H groups in total. The second kappa shape index (κ2) is 11.5. The van der Waals surface area contributed by atoms with Crippen LogP contribution in [0.3, 0.4) is 0 Å². The number of hydrogen-bond donors (Lipinski definition) is 1. The third-order valence-corrected chi connectivity index (χ3v) is 6.27. The van der Waals surface area contributed by atoms with E-state index < -0.39 is 0 Å². The Morgan fingerprint density at radius 2 is 1.44 bits per heavy atom. The maximum absolute atomic E-state index is 13.0. The van der Waals surface area contributed by atoms with E-state index in [0.29, 0.717) is 6.54 Å². The van der Waals surface area contributed by atoms with Crippen molar-refractivity contribution < 1.29 is 4.79 Å². The number of nitrogens with zero attached hydrogens (tertiary/aromatic N) is 2. The van der Waals surface area contributed by atoms with Gasteiger partial charge >= 0.3 is 6.03 Å². The third kappa shape index (κ3) is 6.44. The van der Waals surface area contributed by atoms with Gasteiger partial charge in [0.1, 0.15) is 0 Å². The zero-order valence-electron chi connectivity index (χ0n) is 18.7. The van der Waals surface area contributed by atoms with Crippen molar-refractivity contribution in [3.05, 3.63) is 96.6 Å². The average molecular weight is 428 g/mol. The van der Waals surface area contributed by atoms with Crippen LogP contribution in [-0.2, 0) is 6.42 Å². The number of piperidine rings is 1. The molecule has 0 spiro atoms. The second-order valence-corrected chi connectivity index (χ2v) is 8.61. The minimum atomic E-state index is -0.0797. The molecule has 0 aromatic heterocycles. The molecule has 2 amide bonds. The third-order valence-electron chi connectivity index (χ3n) is 6.27. The number of anilines is 2. The van der Waals surface area contributed by atoms with Crippen LogP contribution in [0.25, 0.3) is 0 Å². The van der Waals surface area contributed by atoms with Gasteiger partial charge in [0.05, 0.1) is 0 Å². The van der Waals surface area contributed by atoms with Gasteiger partial charge in [-0.3, -0.25) is 4.90 Å². The highest BCUT2D eigenvalue weighted by atomic mass is 16.2. The smallest absolute Gasteiger partial charge is 0.308 e. The summed E-state index contributed by atoms with van der Waals surface area (Å²) in [4.78, 5) is 17.4.